The third-order valence-corrected chi connectivity index (χ3v) is 3.78. The molecular formula is C17H28N4O. The monoisotopic (exact) mass is 304 g/mol. The fourth-order valence-electron chi connectivity index (χ4n) is 2.68. The zero-order valence-electron chi connectivity index (χ0n) is 13.9. The van der Waals surface area contributed by atoms with E-state index in [0.717, 1.165) is 38.8 Å². The largest absolute Gasteiger partial charge is 0.379 e. The minimum atomic E-state index is 0.329. The van der Waals surface area contributed by atoms with Gasteiger partial charge in [0, 0.05) is 32.7 Å². The van der Waals surface area contributed by atoms with Crippen LogP contribution in [0.4, 0.5) is 0 Å². The number of ether oxygens (including phenoxy) is 1. The molecule has 1 unspecified atom stereocenters. The Hall–Kier alpha value is -1.59. The summed E-state index contributed by atoms with van der Waals surface area (Å²) in [6.07, 6.45) is 0. The van der Waals surface area contributed by atoms with E-state index in [1.807, 2.05) is 7.05 Å². The summed E-state index contributed by atoms with van der Waals surface area (Å²) in [6.45, 7) is 8.61. The number of hydrogen-bond donors (Lipinski definition) is 2. The molecule has 1 atom stereocenters. The van der Waals surface area contributed by atoms with Crippen molar-refractivity contribution in [2.45, 2.75) is 25.9 Å². The Morgan fingerprint density at radius 3 is 2.50 bits per heavy atom. The molecular weight excluding hydrogens is 276 g/mol. The smallest absolute Gasteiger partial charge is 0.191 e. The SMILES string of the molecule is CN=C(NCC(c1ccccc1)N1CCOCC1)NC(C)C. The first kappa shape index (κ1) is 16.8. The van der Waals surface area contributed by atoms with Crippen LogP contribution in [0.5, 0.6) is 0 Å². The number of nitrogens with zero attached hydrogens (tertiary/aromatic N) is 2. The van der Waals surface area contributed by atoms with Gasteiger partial charge in [0.15, 0.2) is 5.96 Å². The number of benzene rings is 1. The van der Waals surface area contributed by atoms with Gasteiger partial charge in [0.1, 0.15) is 0 Å². The van der Waals surface area contributed by atoms with Gasteiger partial charge in [0.25, 0.3) is 0 Å². The van der Waals surface area contributed by atoms with Crippen LogP contribution < -0.4 is 10.6 Å². The van der Waals surface area contributed by atoms with Gasteiger partial charge in [0.2, 0.25) is 0 Å². The summed E-state index contributed by atoms with van der Waals surface area (Å²) < 4.78 is 5.49. The Morgan fingerprint density at radius 1 is 1.23 bits per heavy atom. The zero-order valence-corrected chi connectivity index (χ0v) is 13.9. The van der Waals surface area contributed by atoms with Gasteiger partial charge < -0.3 is 15.4 Å². The summed E-state index contributed by atoms with van der Waals surface area (Å²) in [7, 11) is 1.81. The van der Waals surface area contributed by atoms with Gasteiger partial charge in [-0.3, -0.25) is 9.89 Å². The van der Waals surface area contributed by atoms with Gasteiger partial charge in [-0.25, -0.2) is 0 Å². The third-order valence-electron chi connectivity index (χ3n) is 3.78. The Kier molecular flexibility index (Phi) is 6.68. The summed E-state index contributed by atoms with van der Waals surface area (Å²) in [5.41, 5.74) is 1.33. The molecule has 0 radical (unpaired) electrons. The first-order valence-corrected chi connectivity index (χ1v) is 8.04. The first-order chi connectivity index (χ1) is 10.7. The van der Waals surface area contributed by atoms with Crippen LogP contribution >= 0.6 is 0 Å². The molecule has 0 bridgehead atoms. The maximum atomic E-state index is 5.49. The van der Waals surface area contributed by atoms with Crippen molar-refractivity contribution in [1.29, 1.82) is 0 Å². The van der Waals surface area contributed by atoms with E-state index < -0.39 is 0 Å². The van der Waals surface area contributed by atoms with E-state index in [2.05, 4.69) is 64.7 Å². The lowest BCUT2D eigenvalue weighted by Crippen LogP contribution is -2.47. The van der Waals surface area contributed by atoms with Gasteiger partial charge in [-0.2, -0.15) is 0 Å². The fourth-order valence-corrected chi connectivity index (χ4v) is 2.68. The van der Waals surface area contributed by atoms with Gasteiger partial charge in [0.05, 0.1) is 19.3 Å². The average Bonchev–Trinajstić information content (AvgIpc) is 2.55. The van der Waals surface area contributed by atoms with E-state index in [-0.39, 0.29) is 0 Å². The molecule has 0 aliphatic carbocycles. The predicted octanol–water partition coefficient (Wildman–Crippen LogP) is 1.63. The molecule has 0 aromatic heterocycles. The Labute approximate surface area is 133 Å². The molecule has 1 saturated heterocycles. The molecule has 1 aliphatic rings. The number of guanidine groups is 1. The molecule has 1 heterocycles. The molecule has 5 heteroatoms. The maximum absolute atomic E-state index is 5.49. The molecule has 0 spiro atoms. The Balaban J connectivity index is 2.04. The van der Waals surface area contributed by atoms with E-state index >= 15 is 0 Å². The van der Waals surface area contributed by atoms with E-state index in [4.69, 9.17) is 4.74 Å². The van der Waals surface area contributed by atoms with E-state index in [1.54, 1.807) is 0 Å². The van der Waals surface area contributed by atoms with Crippen LogP contribution in [0.15, 0.2) is 35.3 Å². The molecule has 122 valence electrons. The highest BCUT2D eigenvalue weighted by atomic mass is 16.5. The normalized spacial score (nSPS) is 18.3. The van der Waals surface area contributed by atoms with E-state index in [0.29, 0.717) is 12.1 Å². The lowest BCUT2D eigenvalue weighted by Gasteiger charge is -2.35. The Morgan fingerprint density at radius 2 is 1.91 bits per heavy atom. The minimum absolute atomic E-state index is 0.329. The van der Waals surface area contributed by atoms with Crippen molar-refractivity contribution in [3.8, 4) is 0 Å². The third kappa shape index (κ3) is 5.00. The molecule has 22 heavy (non-hydrogen) atoms. The van der Waals surface area contributed by atoms with Crippen molar-refractivity contribution < 1.29 is 4.74 Å². The number of aliphatic imine (C=N–C) groups is 1. The minimum Gasteiger partial charge on any atom is -0.379 e. The van der Waals surface area contributed by atoms with Gasteiger partial charge in [-0.1, -0.05) is 30.3 Å². The molecule has 1 fully saturated rings. The van der Waals surface area contributed by atoms with Crippen molar-refractivity contribution in [3.05, 3.63) is 35.9 Å². The number of morpholine rings is 1. The number of hydrogen-bond acceptors (Lipinski definition) is 3. The van der Waals surface area contributed by atoms with Crippen molar-refractivity contribution in [1.82, 2.24) is 15.5 Å². The van der Waals surface area contributed by atoms with Crippen LogP contribution in [0.2, 0.25) is 0 Å². The van der Waals surface area contributed by atoms with Gasteiger partial charge in [-0.05, 0) is 19.4 Å². The summed E-state index contributed by atoms with van der Waals surface area (Å²) in [6, 6.07) is 11.3. The van der Waals surface area contributed by atoms with Gasteiger partial charge >= 0.3 is 0 Å². The molecule has 1 aromatic carbocycles. The first-order valence-electron chi connectivity index (χ1n) is 8.04. The van der Waals surface area contributed by atoms with Crippen LogP contribution in [0, 0.1) is 0 Å². The second-order valence-electron chi connectivity index (χ2n) is 5.83. The zero-order chi connectivity index (χ0) is 15.8. The number of rotatable bonds is 5. The molecule has 2 N–H and O–H groups in total. The van der Waals surface area contributed by atoms with E-state index in [9.17, 15) is 0 Å². The van der Waals surface area contributed by atoms with Crippen molar-refractivity contribution in [2.24, 2.45) is 4.99 Å². The highest BCUT2D eigenvalue weighted by molar-refractivity contribution is 5.79. The van der Waals surface area contributed by atoms with Crippen molar-refractivity contribution >= 4 is 5.96 Å². The summed E-state index contributed by atoms with van der Waals surface area (Å²) in [5.74, 6) is 0.851. The Bertz CT molecular complexity index is 455. The highest BCUT2D eigenvalue weighted by Crippen LogP contribution is 2.20. The van der Waals surface area contributed by atoms with Crippen LogP contribution in [0.3, 0.4) is 0 Å². The predicted molar refractivity (Wildman–Crippen MR) is 91.2 cm³/mol. The topological polar surface area (TPSA) is 48.9 Å². The summed E-state index contributed by atoms with van der Waals surface area (Å²) in [4.78, 5) is 6.77. The molecule has 2 rings (SSSR count). The fraction of sp³-hybridized carbons (Fsp3) is 0.588. The maximum Gasteiger partial charge on any atom is 0.191 e. The quantitative estimate of drug-likeness (QED) is 0.641. The average molecular weight is 304 g/mol. The highest BCUT2D eigenvalue weighted by Gasteiger charge is 2.22. The van der Waals surface area contributed by atoms with Gasteiger partial charge in [-0.15, -0.1) is 0 Å². The molecule has 0 amide bonds. The van der Waals surface area contributed by atoms with E-state index in [1.165, 1.54) is 5.56 Å². The van der Waals surface area contributed by atoms with Crippen LogP contribution in [-0.2, 0) is 4.74 Å². The second kappa shape index (κ2) is 8.76. The van der Waals surface area contributed by atoms with Crippen LogP contribution in [-0.4, -0.2) is 56.8 Å². The molecule has 1 aromatic rings. The van der Waals surface area contributed by atoms with Crippen molar-refractivity contribution in [2.75, 3.05) is 39.9 Å². The lowest BCUT2D eigenvalue weighted by atomic mass is 10.0. The standard InChI is InChI=1S/C17H28N4O/c1-14(2)20-17(18-3)19-13-16(15-7-5-4-6-8-15)21-9-11-22-12-10-21/h4-8,14,16H,9-13H2,1-3H3,(H2,18,19,20). The second-order valence-corrected chi connectivity index (χ2v) is 5.83. The summed E-state index contributed by atoms with van der Waals surface area (Å²) in [5, 5.41) is 6.79. The van der Waals surface area contributed by atoms with Crippen molar-refractivity contribution in [3.63, 3.8) is 0 Å². The molecule has 0 saturated carbocycles. The molecule has 1 aliphatic heterocycles. The summed E-state index contributed by atoms with van der Waals surface area (Å²) >= 11 is 0. The number of nitrogens with one attached hydrogen (secondary N) is 2. The van der Waals surface area contributed by atoms with Crippen LogP contribution in [0.1, 0.15) is 25.5 Å². The van der Waals surface area contributed by atoms with Crippen LogP contribution in [0.25, 0.3) is 0 Å². The molecule has 5 nitrogen and oxygen atoms in total. The lowest BCUT2D eigenvalue weighted by molar-refractivity contribution is 0.0170.